The third-order valence-electron chi connectivity index (χ3n) is 1.32. The van der Waals surface area contributed by atoms with Crippen molar-refractivity contribution in [2.75, 3.05) is 6.54 Å². The molecule has 70 valence electrons. The molecule has 0 aliphatic heterocycles. The van der Waals surface area contributed by atoms with Gasteiger partial charge < -0.3 is 14.9 Å². The summed E-state index contributed by atoms with van der Waals surface area (Å²) >= 11 is 0. The van der Waals surface area contributed by atoms with E-state index in [9.17, 15) is 4.79 Å². The maximum absolute atomic E-state index is 10.0. The van der Waals surface area contributed by atoms with Gasteiger partial charge in [0.15, 0.2) is 0 Å². The van der Waals surface area contributed by atoms with E-state index < -0.39 is 5.97 Å². The van der Waals surface area contributed by atoms with E-state index in [1.165, 1.54) is 12.3 Å². The Morgan fingerprint density at radius 3 is 3.23 bits per heavy atom. The van der Waals surface area contributed by atoms with Crippen LogP contribution < -0.4 is 5.32 Å². The zero-order chi connectivity index (χ0) is 9.52. The fourth-order valence-electron chi connectivity index (χ4n) is 0.772. The average molecular weight is 182 g/mol. The molecule has 0 spiro atoms. The Morgan fingerprint density at radius 2 is 2.62 bits per heavy atom. The lowest BCUT2D eigenvalue weighted by atomic mass is 10.4. The number of nitrogens with zero attached hydrogens (tertiary/aromatic N) is 1. The first kappa shape index (κ1) is 9.47. The highest BCUT2D eigenvalue weighted by molar-refractivity contribution is 5.79. The van der Waals surface area contributed by atoms with E-state index in [0.29, 0.717) is 13.1 Å². The number of nitrogens with one attached hydrogen (secondary N) is 1. The van der Waals surface area contributed by atoms with Gasteiger partial charge in [0.05, 0.1) is 5.69 Å². The van der Waals surface area contributed by atoms with Gasteiger partial charge in [0.2, 0.25) is 0 Å². The fourth-order valence-corrected chi connectivity index (χ4v) is 0.772. The number of rotatable bonds is 5. The van der Waals surface area contributed by atoms with Crippen LogP contribution in [-0.2, 0) is 11.3 Å². The highest BCUT2D eigenvalue weighted by atomic mass is 16.5. The van der Waals surface area contributed by atoms with Gasteiger partial charge >= 0.3 is 5.97 Å². The van der Waals surface area contributed by atoms with Crippen LogP contribution in [0.15, 0.2) is 29.0 Å². The second-order valence-electron chi connectivity index (χ2n) is 2.36. The van der Waals surface area contributed by atoms with Crippen LogP contribution >= 0.6 is 0 Å². The van der Waals surface area contributed by atoms with Crippen LogP contribution in [0.5, 0.6) is 0 Å². The maximum Gasteiger partial charge on any atom is 0.328 e. The van der Waals surface area contributed by atoms with Gasteiger partial charge in [-0.1, -0.05) is 11.2 Å². The van der Waals surface area contributed by atoms with E-state index in [2.05, 4.69) is 15.0 Å². The quantitative estimate of drug-likeness (QED) is 0.509. The first-order chi connectivity index (χ1) is 6.29. The molecule has 13 heavy (non-hydrogen) atoms. The molecule has 0 fully saturated rings. The van der Waals surface area contributed by atoms with Crippen LogP contribution in [-0.4, -0.2) is 22.8 Å². The van der Waals surface area contributed by atoms with Crippen molar-refractivity contribution < 1.29 is 14.4 Å². The van der Waals surface area contributed by atoms with Gasteiger partial charge in [0.1, 0.15) is 6.26 Å². The van der Waals surface area contributed by atoms with Crippen molar-refractivity contribution in [3.63, 3.8) is 0 Å². The molecule has 0 aliphatic carbocycles. The van der Waals surface area contributed by atoms with E-state index in [4.69, 9.17) is 5.11 Å². The first-order valence-electron chi connectivity index (χ1n) is 3.78. The van der Waals surface area contributed by atoms with Gasteiger partial charge in [0, 0.05) is 25.2 Å². The molecule has 0 atom stereocenters. The number of carboxylic acids is 1. The molecule has 0 amide bonds. The Balaban J connectivity index is 2.12. The summed E-state index contributed by atoms with van der Waals surface area (Å²) in [5, 5.41) is 14.9. The summed E-state index contributed by atoms with van der Waals surface area (Å²) in [4.78, 5) is 10.0. The Kier molecular flexibility index (Phi) is 3.72. The molecule has 5 nitrogen and oxygen atoms in total. The molecular weight excluding hydrogens is 172 g/mol. The molecule has 1 rings (SSSR count). The number of carboxylic acid groups (broad SMARTS) is 1. The second kappa shape index (κ2) is 5.10. The maximum atomic E-state index is 10.0. The normalized spacial score (nSPS) is 10.8. The van der Waals surface area contributed by atoms with Crippen LogP contribution in [0.1, 0.15) is 5.69 Å². The van der Waals surface area contributed by atoms with Crippen LogP contribution in [0.2, 0.25) is 0 Å². The molecule has 2 N–H and O–H groups in total. The van der Waals surface area contributed by atoms with Gasteiger partial charge in [-0.05, 0) is 0 Å². The molecule has 1 aromatic heterocycles. The summed E-state index contributed by atoms with van der Waals surface area (Å²) in [5.74, 6) is -0.941. The minimum atomic E-state index is -0.941. The van der Waals surface area contributed by atoms with Crippen molar-refractivity contribution in [3.05, 3.63) is 30.2 Å². The van der Waals surface area contributed by atoms with Crippen LogP contribution in [0.3, 0.4) is 0 Å². The third kappa shape index (κ3) is 4.07. The predicted octanol–water partition coefficient (Wildman–Crippen LogP) is 0.405. The molecule has 0 saturated heterocycles. The minimum Gasteiger partial charge on any atom is -0.478 e. The lowest BCUT2D eigenvalue weighted by molar-refractivity contribution is -0.131. The molecule has 0 unspecified atom stereocenters. The predicted molar refractivity (Wildman–Crippen MR) is 45.0 cm³/mol. The molecule has 0 aliphatic rings. The van der Waals surface area contributed by atoms with Gasteiger partial charge in [-0.2, -0.15) is 0 Å². The zero-order valence-corrected chi connectivity index (χ0v) is 6.93. The van der Waals surface area contributed by atoms with Gasteiger partial charge in [-0.3, -0.25) is 0 Å². The summed E-state index contributed by atoms with van der Waals surface area (Å²) in [7, 11) is 0. The van der Waals surface area contributed by atoms with Crippen molar-refractivity contribution in [1.82, 2.24) is 10.5 Å². The summed E-state index contributed by atoms with van der Waals surface area (Å²) < 4.78 is 4.61. The summed E-state index contributed by atoms with van der Waals surface area (Å²) in [5.41, 5.74) is 0.795. The largest absolute Gasteiger partial charge is 0.478 e. The topological polar surface area (TPSA) is 75.4 Å². The van der Waals surface area contributed by atoms with Gasteiger partial charge in [0.25, 0.3) is 0 Å². The summed E-state index contributed by atoms with van der Waals surface area (Å²) in [6.07, 6.45) is 4.11. The number of hydrogen-bond acceptors (Lipinski definition) is 4. The highest BCUT2D eigenvalue weighted by Crippen LogP contribution is 1.91. The molecule has 0 bridgehead atoms. The average Bonchev–Trinajstić information content (AvgIpc) is 2.55. The molecule has 0 saturated carbocycles. The van der Waals surface area contributed by atoms with Crippen molar-refractivity contribution in [1.29, 1.82) is 0 Å². The molecular formula is C8H10N2O3. The molecule has 0 aromatic carbocycles. The Bertz CT molecular complexity index is 280. The van der Waals surface area contributed by atoms with E-state index in [1.54, 1.807) is 6.07 Å². The third-order valence-corrected chi connectivity index (χ3v) is 1.32. The Hall–Kier alpha value is -1.62. The zero-order valence-electron chi connectivity index (χ0n) is 6.93. The van der Waals surface area contributed by atoms with Crippen molar-refractivity contribution in [3.8, 4) is 0 Å². The summed E-state index contributed by atoms with van der Waals surface area (Å²) in [6.45, 7) is 1.07. The van der Waals surface area contributed by atoms with Crippen molar-refractivity contribution in [2.24, 2.45) is 0 Å². The van der Waals surface area contributed by atoms with Crippen LogP contribution in [0, 0.1) is 0 Å². The standard InChI is InChI=1S/C8H10N2O3/c11-8(12)2-1-4-9-6-7-3-5-13-10-7/h1-3,5,9H,4,6H2,(H,11,12)/b2-1+. The summed E-state index contributed by atoms with van der Waals surface area (Å²) in [6, 6.07) is 1.74. The van der Waals surface area contributed by atoms with E-state index >= 15 is 0 Å². The number of aliphatic carboxylic acids is 1. The van der Waals surface area contributed by atoms with Crippen LogP contribution in [0.4, 0.5) is 0 Å². The highest BCUT2D eigenvalue weighted by Gasteiger charge is 1.93. The number of carbonyl (C=O) groups is 1. The van der Waals surface area contributed by atoms with E-state index in [0.717, 1.165) is 11.8 Å². The molecule has 1 heterocycles. The SMILES string of the molecule is O=C(O)/C=C/CNCc1ccon1. The Morgan fingerprint density at radius 1 is 1.77 bits per heavy atom. The monoisotopic (exact) mass is 182 g/mol. The Labute approximate surface area is 75.0 Å². The van der Waals surface area contributed by atoms with Gasteiger partial charge in [-0.15, -0.1) is 0 Å². The fraction of sp³-hybridized carbons (Fsp3) is 0.250. The van der Waals surface area contributed by atoms with E-state index in [-0.39, 0.29) is 0 Å². The van der Waals surface area contributed by atoms with Crippen LogP contribution in [0.25, 0.3) is 0 Å². The van der Waals surface area contributed by atoms with Crippen molar-refractivity contribution in [2.45, 2.75) is 6.54 Å². The minimum absolute atomic E-state index is 0.499. The smallest absolute Gasteiger partial charge is 0.328 e. The van der Waals surface area contributed by atoms with E-state index in [1.807, 2.05) is 0 Å². The number of hydrogen-bond donors (Lipinski definition) is 2. The number of aromatic nitrogens is 1. The molecule has 0 radical (unpaired) electrons. The first-order valence-corrected chi connectivity index (χ1v) is 3.78. The van der Waals surface area contributed by atoms with Gasteiger partial charge in [-0.25, -0.2) is 4.79 Å². The molecule has 5 heteroatoms. The van der Waals surface area contributed by atoms with Crippen molar-refractivity contribution >= 4 is 5.97 Å². The lowest BCUT2D eigenvalue weighted by Gasteiger charge is -1.94. The molecule has 1 aromatic rings. The second-order valence-corrected chi connectivity index (χ2v) is 2.36. The lowest BCUT2D eigenvalue weighted by Crippen LogP contribution is -2.13.